The van der Waals surface area contributed by atoms with Crippen LogP contribution in [0.5, 0.6) is 5.75 Å². The number of halogens is 2. The number of phenolic OH excluding ortho intramolecular Hbond substituents is 1. The average molecular weight is 485 g/mol. The van der Waals surface area contributed by atoms with E-state index in [4.69, 9.17) is 27.9 Å². The maximum absolute atomic E-state index is 10.6. The summed E-state index contributed by atoms with van der Waals surface area (Å²) in [5, 5.41) is 15.2. The molecule has 1 N–H and O–H groups in total. The Hall–Kier alpha value is -2.34. The molecular formula is C26H28Cl2N3O2. The summed E-state index contributed by atoms with van der Waals surface area (Å²) >= 11 is 13.0. The fourth-order valence-corrected chi connectivity index (χ4v) is 5.20. The van der Waals surface area contributed by atoms with Crippen molar-refractivity contribution in [2.45, 2.75) is 45.9 Å². The van der Waals surface area contributed by atoms with Crippen LogP contribution in [0.3, 0.4) is 0 Å². The lowest BCUT2D eigenvalue weighted by Crippen LogP contribution is -2.23. The van der Waals surface area contributed by atoms with Crippen LogP contribution < -0.4 is 5.53 Å². The van der Waals surface area contributed by atoms with Gasteiger partial charge in [-0.3, -0.25) is 4.90 Å². The molecule has 0 amide bonds. The van der Waals surface area contributed by atoms with Gasteiger partial charge >= 0.3 is 0 Å². The molecule has 0 saturated carbocycles. The van der Waals surface area contributed by atoms with Crippen molar-refractivity contribution >= 4 is 28.8 Å². The van der Waals surface area contributed by atoms with E-state index < -0.39 is 6.23 Å². The normalized spacial score (nSPS) is 19.1. The van der Waals surface area contributed by atoms with Gasteiger partial charge in [0.15, 0.2) is 0 Å². The van der Waals surface area contributed by atoms with Gasteiger partial charge in [-0.1, -0.05) is 55.2 Å². The highest BCUT2D eigenvalue weighted by molar-refractivity contribution is 6.37. The summed E-state index contributed by atoms with van der Waals surface area (Å²) in [7, 11) is 0. The van der Waals surface area contributed by atoms with Crippen LogP contribution in [0.2, 0.25) is 10.0 Å². The van der Waals surface area contributed by atoms with E-state index in [9.17, 15) is 10.6 Å². The van der Waals surface area contributed by atoms with Gasteiger partial charge in [0.25, 0.3) is 0 Å². The van der Waals surface area contributed by atoms with Gasteiger partial charge in [-0.15, -0.1) is 5.11 Å². The molecule has 173 valence electrons. The molecule has 0 spiro atoms. The summed E-state index contributed by atoms with van der Waals surface area (Å²) in [6, 6.07) is 11.1. The van der Waals surface area contributed by atoms with Crippen molar-refractivity contribution in [1.29, 1.82) is 0 Å². The van der Waals surface area contributed by atoms with Crippen LogP contribution in [0.15, 0.2) is 58.9 Å². The van der Waals surface area contributed by atoms with Crippen molar-refractivity contribution in [2.75, 3.05) is 13.1 Å². The minimum atomic E-state index is -0.852. The van der Waals surface area contributed by atoms with E-state index in [1.165, 1.54) is 12.8 Å². The molecule has 1 radical (unpaired) electrons. The van der Waals surface area contributed by atoms with E-state index in [0.29, 0.717) is 27.8 Å². The smallest absolute Gasteiger partial charge is 0.233 e. The monoisotopic (exact) mass is 484 g/mol. The van der Waals surface area contributed by atoms with E-state index in [1.54, 1.807) is 24.3 Å². The maximum atomic E-state index is 10.6. The van der Waals surface area contributed by atoms with Crippen LogP contribution in [0.1, 0.15) is 43.4 Å². The molecule has 2 aromatic rings. The number of benzene rings is 2. The topological polar surface area (TPSA) is 67.4 Å². The Morgan fingerprint density at radius 3 is 2.45 bits per heavy atom. The van der Waals surface area contributed by atoms with Gasteiger partial charge in [0.1, 0.15) is 11.5 Å². The Morgan fingerprint density at radius 1 is 1.15 bits per heavy atom. The van der Waals surface area contributed by atoms with Crippen LogP contribution in [-0.4, -0.2) is 29.3 Å². The second-order valence-electron chi connectivity index (χ2n) is 8.94. The molecule has 0 aliphatic carbocycles. The molecule has 5 nitrogen and oxygen atoms in total. The predicted octanol–water partition coefficient (Wildman–Crippen LogP) is 6.44. The number of allylic oxidation sites excluding steroid dienone is 3. The van der Waals surface area contributed by atoms with Crippen LogP contribution in [0, 0.1) is 5.92 Å². The van der Waals surface area contributed by atoms with E-state index in [-0.39, 0.29) is 11.7 Å². The molecule has 7 heteroatoms. The van der Waals surface area contributed by atoms with Gasteiger partial charge in [-0.2, -0.15) is 0 Å². The fourth-order valence-electron chi connectivity index (χ4n) is 4.60. The molecule has 2 heterocycles. The first-order valence-corrected chi connectivity index (χ1v) is 12.1. The third-order valence-corrected chi connectivity index (χ3v) is 6.86. The standard InChI is InChI=1S/C26H28Cl2N3O2/c1-16(2)24-20(25-21(27)6-5-7-22(25)28)14-19(33-26(24)30-29)12-17-8-9-18(23(32)13-17)15-31-10-3-4-11-31/h5-9,13-14,16,26,32H,3-4,10-12,15H2,1-2H3. The third kappa shape index (κ3) is 5.26. The fraction of sp³-hybridized carbons (Fsp3) is 0.385. The SMILES string of the molecule is CC(C)C1=C(c2c(Cl)cccc2Cl)C=C(Cc2ccc(CN3CCCC3)c(O)c2)OC1N=[N]. The zero-order chi connectivity index (χ0) is 23.5. The first-order chi connectivity index (χ1) is 15.9. The molecule has 0 aromatic heterocycles. The van der Waals surface area contributed by atoms with E-state index >= 15 is 0 Å². The molecule has 1 atom stereocenters. The quantitative estimate of drug-likeness (QED) is 0.459. The van der Waals surface area contributed by atoms with Crippen molar-refractivity contribution in [2.24, 2.45) is 11.0 Å². The summed E-state index contributed by atoms with van der Waals surface area (Å²) in [6.07, 6.45) is 3.92. The highest BCUT2D eigenvalue weighted by Gasteiger charge is 2.30. The number of hydrogen-bond donors (Lipinski definition) is 1. The van der Waals surface area contributed by atoms with Crippen molar-refractivity contribution in [3.05, 3.63) is 80.5 Å². The lowest BCUT2D eigenvalue weighted by atomic mass is 9.88. The number of phenols is 1. The number of rotatable bonds is 7. The molecule has 0 bridgehead atoms. The zero-order valence-corrected chi connectivity index (χ0v) is 20.4. The van der Waals surface area contributed by atoms with Gasteiger partial charge < -0.3 is 9.84 Å². The van der Waals surface area contributed by atoms with Crippen LogP contribution in [0.25, 0.3) is 5.57 Å². The summed E-state index contributed by atoms with van der Waals surface area (Å²) in [5.74, 6) is 0.937. The molecule has 2 aliphatic heterocycles. The number of ether oxygens (including phenoxy) is 1. The van der Waals surface area contributed by atoms with Gasteiger partial charge in [0.2, 0.25) is 6.23 Å². The van der Waals surface area contributed by atoms with Crippen LogP contribution >= 0.6 is 23.2 Å². The molecule has 33 heavy (non-hydrogen) atoms. The van der Waals surface area contributed by atoms with E-state index in [2.05, 4.69) is 10.0 Å². The van der Waals surface area contributed by atoms with Crippen molar-refractivity contribution < 1.29 is 9.84 Å². The Balaban J connectivity index is 1.66. The minimum absolute atomic E-state index is 0.0416. The highest BCUT2D eigenvalue weighted by Crippen LogP contribution is 2.41. The van der Waals surface area contributed by atoms with E-state index in [1.807, 2.05) is 32.1 Å². The maximum Gasteiger partial charge on any atom is 0.233 e. The largest absolute Gasteiger partial charge is 0.508 e. The number of hydrogen-bond acceptors (Lipinski definition) is 4. The molecule has 1 unspecified atom stereocenters. The third-order valence-electron chi connectivity index (χ3n) is 6.23. The van der Waals surface area contributed by atoms with Gasteiger partial charge in [-0.05, 0) is 72.8 Å². The Labute approximate surface area is 205 Å². The second kappa shape index (κ2) is 10.3. The molecule has 1 fully saturated rings. The second-order valence-corrected chi connectivity index (χ2v) is 9.75. The Morgan fingerprint density at radius 2 is 1.85 bits per heavy atom. The lowest BCUT2D eigenvalue weighted by Gasteiger charge is -2.29. The van der Waals surface area contributed by atoms with E-state index in [0.717, 1.165) is 41.9 Å². The summed E-state index contributed by atoms with van der Waals surface area (Å²) < 4.78 is 6.03. The molecule has 2 aliphatic rings. The predicted molar refractivity (Wildman–Crippen MR) is 132 cm³/mol. The van der Waals surface area contributed by atoms with Gasteiger partial charge in [0.05, 0.1) is 0 Å². The Bertz CT molecular complexity index is 1080. The number of likely N-dealkylation sites (tertiary alicyclic amines) is 1. The van der Waals surface area contributed by atoms with Crippen molar-refractivity contribution in [3.8, 4) is 5.75 Å². The van der Waals surface area contributed by atoms with Crippen LogP contribution in [-0.2, 0) is 17.7 Å². The number of aromatic hydroxyl groups is 1. The van der Waals surface area contributed by atoms with Crippen LogP contribution in [0.4, 0.5) is 0 Å². The molecule has 2 aromatic carbocycles. The highest BCUT2D eigenvalue weighted by atomic mass is 35.5. The first kappa shape index (κ1) is 23.8. The molecular weight excluding hydrogens is 457 g/mol. The van der Waals surface area contributed by atoms with Gasteiger partial charge in [-0.25, -0.2) is 0 Å². The molecule has 4 rings (SSSR count). The summed E-state index contributed by atoms with van der Waals surface area (Å²) in [4.78, 5) is 2.35. The summed E-state index contributed by atoms with van der Waals surface area (Å²) in [6.45, 7) is 6.93. The number of nitrogens with zero attached hydrogens (tertiary/aromatic N) is 3. The van der Waals surface area contributed by atoms with Crippen molar-refractivity contribution in [1.82, 2.24) is 10.4 Å². The minimum Gasteiger partial charge on any atom is -0.508 e. The van der Waals surface area contributed by atoms with Gasteiger partial charge in [0, 0.05) is 39.7 Å². The van der Waals surface area contributed by atoms with Crippen molar-refractivity contribution in [3.63, 3.8) is 0 Å². The lowest BCUT2D eigenvalue weighted by molar-refractivity contribution is 0.131. The Kier molecular flexibility index (Phi) is 7.42. The average Bonchev–Trinajstić information content (AvgIpc) is 3.28. The summed E-state index contributed by atoms with van der Waals surface area (Å²) in [5.41, 5.74) is 13.9. The zero-order valence-electron chi connectivity index (χ0n) is 18.9. The molecule has 1 saturated heterocycles. The first-order valence-electron chi connectivity index (χ1n) is 11.3.